The number of carbonyl (C=O) groups excluding carboxylic acids is 3. The lowest BCUT2D eigenvalue weighted by atomic mass is 10.0. The Labute approximate surface area is 205 Å². The van der Waals surface area contributed by atoms with Gasteiger partial charge in [-0.3, -0.25) is 14.4 Å². The highest BCUT2D eigenvalue weighted by Crippen LogP contribution is 2.16. The molecule has 0 aromatic heterocycles. The lowest BCUT2D eigenvalue weighted by Crippen LogP contribution is -2.50. The molecule has 0 rings (SSSR count). The summed E-state index contributed by atoms with van der Waals surface area (Å²) in [5, 5.41) is 29.3. The molecule has 3 N–H and O–H groups in total. The Morgan fingerprint density at radius 3 is 1.53 bits per heavy atom. The SMILES string of the molecule is CCCCCCCCCC(=O)O[C@@H]([C@H](O)[C@H](O)CO)[C@@H](C=O)OC(=O)CCCCCCCCC. The van der Waals surface area contributed by atoms with Gasteiger partial charge in [-0.15, -0.1) is 0 Å². The van der Waals surface area contributed by atoms with Crippen molar-refractivity contribution in [2.45, 2.75) is 141 Å². The summed E-state index contributed by atoms with van der Waals surface area (Å²) in [5.74, 6) is -1.29. The molecule has 4 atom stereocenters. The molecule has 0 aliphatic rings. The normalized spacial score (nSPS) is 14.7. The molecular formula is C26H48O8. The van der Waals surface area contributed by atoms with Crippen molar-refractivity contribution in [3.8, 4) is 0 Å². The highest BCUT2D eigenvalue weighted by Gasteiger charge is 2.38. The summed E-state index contributed by atoms with van der Waals surface area (Å²) in [6.45, 7) is 3.49. The standard InChI is InChI=1S/C26H48O8/c1-3-5-7-9-11-13-15-17-23(30)33-22(20-28)26(25(32)21(29)19-27)34-24(31)18-16-14-12-10-8-6-4-2/h20-22,25-27,29,32H,3-19H2,1-2H3/t21-,22-,25-,26-/m1/s1. The monoisotopic (exact) mass is 488 g/mol. The molecule has 8 heteroatoms. The van der Waals surface area contributed by atoms with Gasteiger partial charge in [-0.2, -0.15) is 0 Å². The van der Waals surface area contributed by atoms with Gasteiger partial charge < -0.3 is 24.8 Å². The van der Waals surface area contributed by atoms with Crippen molar-refractivity contribution < 1.29 is 39.2 Å². The van der Waals surface area contributed by atoms with Crippen LogP contribution in [0.5, 0.6) is 0 Å². The fourth-order valence-electron chi connectivity index (χ4n) is 3.70. The molecule has 8 nitrogen and oxygen atoms in total. The Kier molecular flexibility index (Phi) is 21.0. The number of aldehydes is 1. The van der Waals surface area contributed by atoms with E-state index in [2.05, 4.69) is 13.8 Å². The van der Waals surface area contributed by atoms with E-state index in [4.69, 9.17) is 14.6 Å². The minimum atomic E-state index is -1.77. The maximum Gasteiger partial charge on any atom is 0.306 e. The van der Waals surface area contributed by atoms with Crippen molar-refractivity contribution in [2.75, 3.05) is 6.61 Å². The Bertz CT molecular complexity index is 525. The molecule has 0 bridgehead atoms. The van der Waals surface area contributed by atoms with Crippen LogP contribution in [0.25, 0.3) is 0 Å². The maximum absolute atomic E-state index is 12.3. The summed E-state index contributed by atoms with van der Waals surface area (Å²) in [7, 11) is 0. The summed E-state index contributed by atoms with van der Waals surface area (Å²) < 4.78 is 10.4. The van der Waals surface area contributed by atoms with Crippen LogP contribution in [0.3, 0.4) is 0 Å². The van der Waals surface area contributed by atoms with Gasteiger partial charge in [0, 0.05) is 12.8 Å². The number of ether oxygens (including phenoxy) is 2. The van der Waals surface area contributed by atoms with Crippen LogP contribution in [0.1, 0.15) is 117 Å². The number of hydrogen-bond acceptors (Lipinski definition) is 8. The van der Waals surface area contributed by atoms with Crippen molar-refractivity contribution in [1.82, 2.24) is 0 Å². The minimum absolute atomic E-state index is 0.0871. The van der Waals surface area contributed by atoms with Crippen LogP contribution in [-0.2, 0) is 23.9 Å². The van der Waals surface area contributed by atoms with E-state index in [1.807, 2.05) is 0 Å². The fraction of sp³-hybridized carbons (Fsp3) is 0.885. The number of unbranched alkanes of at least 4 members (excludes halogenated alkanes) is 12. The van der Waals surface area contributed by atoms with E-state index in [1.165, 1.54) is 32.1 Å². The van der Waals surface area contributed by atoms with Gasteiger partial charge in [0.1, 0.15) is 12.2 Å². The van der Waals surface area contributed by atoms with E-state index in [9.17, 15) is 24.6 Å². The van der Waals surface area contributed by atoms with Gasteiger partial charge >= 0.3 is 11.9 Å². The molecule has 0 heterocycles. The molecule has 0 amide bonds. The van der Waals surface area contributed by atoms with Crippen molar-refractivity contribution in [2.24, 2.45) is 0 Å². The number of carbonyl (C=O) groups is 3. The highest BCUT2D eigenvalue weighted by atomic mass is 16.6. The molecule has 0 spiro atoms. The number of rotatable bonds is 23. The number of aliphatic hydroxyl groups excluding tert-OH is 3. The summed E-state index contributed by atoms with van der Waals surface area (Å²) in [6, 6.07) is 0. The van der Waals surface area contributed by atoms with E-state index in [0.717, 1.165) is 44.9 Å². The number of esters is 2. The second kappa shape index (κ2) is 22.0. The zero-order chi connectivity index (χ0) is 25.6. The Morgan fingerprint density at radius 1 is 0.706 bits per heavy atom. The second-order valence-corrected chi connectivity index (χ2v) is 9.03. The zero-order valence-electron chi connectivity index (χ0n) is 21.3. The average molecular weight is 489 g/mol. The molecule has 0 fully saturated rings. The smallest absolute Gasteiger partial charge is 0.306 e. The second-order valence-electron chi connectivity index (χ2n) is 9.03. The first-order chi connectivity index (χ1) is 16.4. The topological polar surface area (TPSA) is 130 Å². The molecule has 34 heavy (non-hydrogen) atoms. The molecule has 0 saturated heterocycles. The first-order valence-corrected chi connectivity index (χ1v) is 13.2. The van der Waals surface area contributed by atoms with E-state index >= 15 is 0 Å². The molecule has 0 aliphatic heterocycles. The third-order valence-corrected chi connectivity index (χ3v) is 5.88. The number of aliphatic hydroxyl groups is 3. The Hall–Kier alpha value is -1.51. The van der Waals surface area contributed by atoms with E-state index in [-0.39, 0.29) is 19.1 Å². The largest absolute Gasteiger partial charge is 0.455 e. The lowest BCUT2D eigenvalue weighted by Gasteiger charge is -2.29. The van der Waals surface area contributed by atoms with Gasteiger partial charge in [0.05, 0.1) is 6.61 Å². The van der Waals surface area contributed by atoms with E-state index in [0.29, 0.717) is 12.8 Å². The van der Waals surface area contributed by atoms with Crippen LogP contribution < -0.4 is 0 Å². The predicted octanol–water partition coefficient (Wildman–Crippen LogP) is 4.00. The average Bonchev–Trinajstić information content (AvgIpc) is 2.83. The first kappa shape index (κ1) is 32.5. The van der Waals surface area contributed by atoms with Crippen molar-refractivity contribution in [3.63, 3.8) is 0 Å². The van der Waals surface area contributed by atoms with Crippen molar-refractivity contribution >= 4 is 18.2 Å². The minimum Gasteiger partial charge on any atom is -0.455 e. The summed E-state index contributed by atoms with van der Waals surface area (Å²) >= 11 is 0. The first-order valence-electron chi connectivity index (χ1n) is 13.2. The maximum atomic E-state index is 12.3. The third-order valence-electron chi connectivity index (χ3n) is 5.88. The van der Waals surface area contributed by atoms with Gasteiger partial charge in [0.15, 0.2) is 18.5 Å². The molecule has 0 aliphatic carbocycles. The molecule has 0 unspecified atom stereocenters. The molecule has 0 radical (unpaired) electrons. The lowest BCUT2D eigenvalue weighted by molar-refractivity contribution is -0.185. The van der Waals surface area contributed by atoms with Crippen LogP contribution in [0.15, 0.2) is 0 Å². The molecule has 0 aromatic rings. The quantitative estimate of drug-likeness (QED) is 0.112. The van der Waals surface area contributed by atoms with Crippen LogP contribution in [-0.4, -0.2) is 64.6 Å². The fourth-order valence-corrected chi connectivity index (χ4v) is 3.70. The highest BCUT2D eigenvalue weighted by molar-refractivity contribution is 5.74. The van der Waals surface area contributed by atoms with E-state index in [1.54, 1.807) is 0 Å². The zero-order valence-corrected chi connectivity index (χ0v) is 21.3. The predicted molar refractivity (Wildman–Crippen MR) is 130 cm³/mol. The molecule has 0 saturated carbocycles. The molecule has 0 aromatic carbocycles. The van der Waals surface area contributed by atoms with Crippen LogP contribution in [0, 0.1) is 0 Å². The van der Waals surface area contributed by atoms with Crippen molar-refractivity contribution in [1.29, 1.82) is 0 Å². The third kappa shape index (κ3) is 16.2. The van der Waals surface area contributed by atoms with Gasteiger partial charge in [0.25, 0.3) is 0 Å². The van der Waals surface area contributed by atoms with Gasteiger partial charge in [-0.1, -0.05) is 90.9 Å². The summed E-state index contributed by atoms with van der Waals surface area (Å²) in [5.41, 5.74) is 0. The molecular weight excluding hydrogens is 440 g/mol. The van der Waals surface area contributed by atoms with Crippen LogP contribution >= 0.6 is 0 Å². The van der Waals surface area contributed by atoms with Gasteiger partial charge in [0.2, 0.25) is 0 Å². The molecule has 200 valence electrons. The van der Waals surface area contributed by atoms with Gasteiger partial charge in [-0.25, -0.2) is 0 Å². The van der Waals surface area contributed by atoms with Gasteiger partial charge in [-0.05, 0) is 12.8 Å². The Morgan fingerprint density at radius 2 is 1.12 bits per heavy atom. The van der Waals surface area contributed by atoms with Crippen molar-refractivity contribution in [3.05, 3.63) is 0 Å². The van der Waals surface area contributed by atoms with Crippen LogP contribution in [0.4, 0.5) is 0 Å². The van der Waals surface area contributed by atoms with E-state index < -0.39 is 43.0 Å². The number of hydrogen-bond donors (Lipinski definition) is 3. The Balaban J connectivity index is 4.65. The van der Waals surface area contributed by atoms with Crippen LogP contribution in [0.2, 0.25) is 0 Å². The summed E-state index contributed by atoms with van der Waals surface area (Å²) in [4.78, 5) is 36.1. The summed E-state index contributed by atoms with van der Waals surface area (Å²) in [6.07, 6.45) is 8.14.